The fourth-order valence-electron chi connectivity index (χ4n) is 2.29. The zero-order valence-electron chi connectivity index (χ0n) is 14.2. The molecule has 1 heterocycles. The van der Waals surface area contributed by atoms with Crippen molar-refractivity contribution >= 4 is 31.6 Å². The molecule has 0 aliphatic rings. The van der Waals surface area contributed by atoms with Crippen molar-refractivity contribution in [3.05, 3.63) is 29.0 Å². The molecule has 0 unspecified atom stereocenters. The van der Waals surface area contributed by atoms with Crippen LogP contribution in [0, 0.1) is 0 Å². The van der Waals surface area contributed by atoms with Crippen molar-refractivity contribution < 1.29 is 21.6 Å². The van der Waals surface area contributed by atoms with Gasteiger partial charge in [0.15, 0.2) is 5.82 Å². The van der Waals surface area contributed by atoms with E-state index in [-0.39, 0.29) is 15.9 Å². The van der Waals surface area contributed by atoms with Gasteiger partial charge in [0.05, 0.1) is 23.1 Å². The van der Waals surface area contributed by atoms with Crippen LogP contribution in [0.1, 0.15) is 25.7 Å². The standard InChI is InChI=1S/C13H18ClN5O5S2/c1-4-19-12(16-17-13(19)24-3)8(2)18-26(22,23)9-5-6-10(14)11(7-9)25(15,20)21/h5-8,18H,4H2,1-3H3,(H2,15,20,21)/t8-/m1/s1. The van der Waals surface area contributed by atoms with E-state index in [1.807, 2.05) is 6.92 Å². The molecule has 1 atom stereocenters. The van der Waals surface area contributed by atoms with Gasteiger partial charge in [-0.2, -0.15) is 0 Å². The Hall–Kier alpha value is -1.73. The van der Waals surface area contributed by atoms with Crippen LogP contribution < -0.4 is 14.6 Å². The lowest BCUT2D eigenvalue weighted by atomic mass is 10.3. The molecule has 0 aliphatic carbocycles. The lowest BCUT2D eigenvalue weighted by molar-refractivity contribution is 0.354. The zero-order valence-corrected chi connectivity index (χ0v) is 16.6. The second-order valence-electron chi connectivity index (χ2n) is 5.27. The predicted molar refractivity (Wildman–Crippen MR) is 93.8 cm³/mol. The molecular formula is C13H18ClN5O5S2. The summed E-state index contributed by atoms with van der Waals surface area (Å²) in [5.41, 5.74) is 0. The molecule has 0 spiro atoms. The van der Waals surface area contributed by atoms with E-state index in [2.05, 4.69) is 14.9 Å². The minimum Gasteiger partial charge on any atom is -0.467 e. The van der Waals surface area contributed by atoms with Crippen LogP contribution in [0.15, 0.2) is 28.0 Å². The highest BCUT2D eigenvalue weighted by Crippen LogP contribution is 2.25. The van der Waals surface area contributed by atoms with Crippen molar-refractivity contribution in [3.63, 3.8) is 0 Å². The molecule has 0 saturated heterocycles. The van der Waals surface area contributed by atoms with Gasteiger partial charge in [0.1, 0.15) is 4.90 Å². The van der Waals surface area contributed by atoms with Crippen molar-refractivity contribution in [2.24, 2.45) is 5.14 Å². The molecule has 26 heavy (non-hydrogen) atoms. The van der Waals surface area contributed by atoms with E-state index in [9.17, 15) is 16.8 Å². The molecule has 0 amide bonds. The maximum atomic E-state index is 12.6. The van der Waals surface area contributed by atoms with Gasteiger partial charge in [0, 0.05) is 6.54 Å². The van der Waals surface area contributed by atoms with E-state index in [4.69, 9.17) is 21.5 Å². The molecule has 13 heteroatoms. The smallest absolute Gasteiger partial charge is 0.316 e. The molecule has 0 saturated carbocycles. The fourth-order valence-corrected chi connectivity index (χ4v) is 4.66. The third kappa shape index (κ3) is 4.15. The first-order valence-electron chi connectivity index (χ1n) is 7.33. The van der Waals surface area contributed by atoms with E-state index in [1.165, 1.54) is 13.2 Å². The number of primary sulfonamides is 1. The molecule has 0 bridgehead atoms. The summed E-state index contributed by atoms with van der Waals surface area (Å²) in [7, 11) is -6.83. The quantitative estimate of drug-likeness (QED) is 0.664. The van der Waals surface area contributed by atoms with Crippen LogP contribution in [0.25, 0.3) is 0 Å². The van der Waals surface area contributed by atoms with E-state index < -0.39 is 31.0 Å². The van der Waals surface area contributed by atoms with Crippen LogP contribution in [-0.4, -0.2) is 38.7 Å². The van der Waals surface area contributed by atoms with Crippen molar-refractivity contribution in [1.82, 2.24) is 19.5 Å². The molecule has 2 aromatic rings. The molecule has 10 nitrogen and oxygen atoms in total. The van der Waals surface area contributed by atoms with Crippen LogP contribution in [0.3, 0.4) is 0 Å². The topological polar surface area (TPSA) is 146 Å². The van der Waals surface area contributed by atoms with Gasteiger partial charge in [-0.15, -0.1) is 5.10 Å². The lowest BCUT2D eigenvalue weighted by Crippen LogP contribution is -2.29. The van der Waals surface area contributed by atoms with Gasteiger partial charge in [-0.05, 0) is 32.0 Å². The largest absolute Gasteiger partial charge is 0.467 e. The summed E-state index contributed by atoms with van der Waals surface area (Å²) in [5.74, 6) is 0.341. The molecule has 144 valence electrons. The number of benzene rings is 1. The second kappa shape index (κ2) is 7.48. The first-order chi connectivity index (χ1) is 12.0. The molecule has 1 aromatic heterocycles. The predicted octanol–water partition coefficient (Wildman–Crippen LogP) is 0.647. The Bertz CT molecular complexity index is 1020. The number of sulfonamides is 2. The molecule has 0 aliphatic heterocycles. The van der Waals surface area contributed by atoms with Crippen LogP contribution >= 0.6 is 11.6 Å². The number of nitrogens with zero attached hydrogens (tertiary/aromatic N) is 3. The van der Waals surface area contributed by atoms with Gasteiger partial charge in [0.2, 0.25) is 20.0 Å². The summed E-state index contributed by atoms with van der Waals surface area (Å²) in [4.78, 5) is -0.777. The van der Waals surface area contributed by atoms with E-state index in [0.717, 1.165) is 12.1 Å². The third-order valence-corrected chi connectivity index (χ3v) is 6.41. The molecule has 0 radical (unpaired) electrons. The van der Waals surface area contributed by atoms with Crippen molar-refractivity contribution in [2.75, 3.05) is 7.11 Å². The highest BCUT2D eigenvalue weighted by atomic mass is 35.5. The number of hydrogen-bond donors (Lipinski definition) is 2. The van der Waals surface area contributed by atoms with Crippen molar-refractivity contribution in [3.8, 4) is 6.01 Å². The SMILES string of the molecule is CCn1c(OC)nnc1[C@@H](C)NS(=O)(=O)c1ccc(Cl)c(S(N)(=O)=O)c1. The second-order valence-corrected chi connectivity index (χ2v) is 8.92. The maximum Gasteiger partial charge on any atom is 0.316 e. The van der Waals surface area contributed by atoms with E-state index in [1.54, 1.807) is 11.5 Å². The monoisotopic (exact) mass is 423 g/mol. The zero-order chi connectivity index (χ0) is 19.7. The van der Waals surface area contributed by atoms with Gasteiger partial charge in [-0.3, -0.25) is 4.57 Å². The van der Waals surface area contributed by atoms with E-state index in [0.29, 0.717) is 12.4 Å². The van der Waals surface area contributed by atoms with Gasteiger partial charge < -0.3 is 4.74 Å². The third-order valence-electron chi connectivity index (χ3n) is 3.48. The Balaban J connectivity index is 2.39. The average molecular weight is 424 g/mol. The maximum absolute atomic E-state index is 12.6. The number of halogens is 1. The van der Waals surface area contributed by atoms with Gasteiger partial charge in [-0.1, -0.05) is 16.7 Å². The minimum atomic E-state index is -4.17. The number of methoxy groups -OCH3 is 1. The molecule has 0 fully saturated rings. The Labute approximate surface area is 156 Å². The minimum absolute atomic E-state index is 0.171. The van der Waals surface area contributed by atoms with Crippen LogP contribution in [-0.2, 0) is 26.6 Å². The summed E-state index contributed by atoms with van der Waals surface area (Å²) in [5, 5.41) is 12.6. The Morgan fingerprint density at radius 3 is 2.50 bits per heavy atom. The first-order valence-corrected chi connectivity index (χ1v) is 10.7. The number of aromatic nitrogens is 3. The Morgan fingerprint density at radius 1 is 1.31 bits per heavy atom. The summed E-state index contributed by atoms with van der Waals surface area (Å²) >= 11 is 5.78. The van der Waals surface area contributed by atoms with Crippen LogP contribution in [0.4, 0.5) is 0 Å². The molecule has 2 rings (SSSR count). The fraction of sp³-hybridized carbons (Fsp3) is 0.385. The van der Waals surface area contributed by atoms with Gasteiger partial charge in [-0.25, -0.2) is 26.7 Å². The highest BCUT2D eigenvalue weighted by Gasteiger charge is 2.25. The summed E-state index contributed by atoms with van der Waals surface area (Å²) < 4.78 is 57.4. The van der Waals surface area contributed by atoms with Gasteiger partial charge in [0.25, 0.3) is 0 Å². The lowest BCUT2D eigenvalue weighted by Gasteiger charge is -2.15. The highest BCUT2D eigenvalue weighted by molar-refractivity contribution is 7.90. The number of rotatable bonds is 7. The normalized spacial score (nSPS) is 13.6. The molecular weight excluding hydrogens is 406 g/mol. The number of ether oxygens (including phenoxy) is 1. The average Bonchev–Trinajstić information content (AvgIpc) is 2.96. The first kappa shape index (κ1) is 20.6. The van der Waals surface area contributed by atoms with Crippen LogP contribution in [0.5, 0.6) is 6.01 Å². The Kier molecular flexibility index (Phi) is 5.92. The number of hydrogen-bond acceptors (Lipinski definition) is 7. The summed E-state index contributed by atoms with van der Waals surface area (Å²) in [6.45, 7) is 3.87. The summed E-state index contributed by atoms with van der Waals surface area (Å²) in [6.07, 6.45) is 0. The van der Waals surface area contributed by atoms with Crippen molar-refractivity contribution in [2.45, 2.75) is 36.2 Å². The van der Waals surface area contributed by atoms with Gasteiger partial charge >= 0.3 is 6.01 Å². The van der Waals surface area contributed by atoms with Crippen molar-refractivity contribution in [1.29, 1.82) is 0 Å². The number of nitrogens with two attached hydrogens (primary N) is 1. The van der Waals surface area contributed by atoms with Crippen LogP contribution in [0.2, 0.25) is 5.02 Å². The summed E-state index contributed by atoms with van der Waals surface area (Å²) in [6, 6.07) is 2.72. The molecule has 3 N–H and O–H groups in total. The number of nitrogens with one attached hydrogen (secondary N) is 1. The molecule has 1 aromatic carbocycles. The van der Waals surface area contributed by atoms with E-state index >= 15 is 0 Å². The Morgan fingerprint density at radius 2 is 1.96 bits per heavy atom.